The molecule has 3 aliphatic rings. The Morgan fingerprint density at radius 1 is 1.07 bits per heavy atom. The normalized spacial score (nSPS) is 27.0. The largest absolute Gasteiger partial charge is 0.378 e. The first-order chi connectivity index (χ1) is 14.1. The van der Waals surface area contributed by atoms with Crippen LogP contribution in [0.25, 0.3) is 0 Å². The molecule has 0 radical (unpaired) electrons. The minimum Gasteiger partial charge on any atom is -0.378 e. The number of hydrogen-bond donors (Lipinski definition) is 0. The SMILES string of the molecule is CO[C@H]1CN(C2CCN(C(=O)C3CCN(C(C)=O)CC3)CC2)[C@H]1c1cccnc1. The monoisotopic (exact) mass is 400 g/mol. The van der Waals surface area contributed by atoms with Gasteiger partial charge in [-0.1, -0.05) is 6.07 Å². The number of pyridine rings is 1. The van der Waals surface area contributed by atoms with Gasteiger partial charge in [-0.2, -0.15) is 0 Å². The smallest absolute Gasteiger partial charge is 0.225 e. The van der Waals surface area contributed by atoms with Crippen LogP contribution in [0.4, 0.5) is 0 Å². The van der Waals surface area contributed by atoms with E-state index >= 15 is 0 Å². The molecule has 0 aliphatic carbocycles. The van der Waals surface area contributed by atoms with E-state index < -0.39 is 0 Å². The van der Waals surface area contributed by atoms with Gasteiger partial charge in [0.2, 0.25) is 11.8 Å². The molecule has 0 aromatic carbocycles. The van der Waals surface area contributed by atoms with Crippen LogP contribution in [0.15, 0.2) is 24.5 Å². The molecule has 3 saturated heterocycles. The lowest BCUT2D eigenvalue weighted by Gasteiger charge is -2.53. The molecular weight excluding hydrogens is 368 g/mol. The molecule has 2 atom stereocenters. The molecule has 7 nitrogen and oxygen atoms in total. The van der Waals surface area contributed by atoms with E-state index in [1.807, 2.05) is 17.2 Å². The van der Waals surface area contributed by atoms with Crippen molar-refractivity contribution in [1.29, 1.82) is 0 Å². The molecular formula is C22H32N4O3. The van der Waals surface area contributed by atoms with E-state index in [-0.39, 0.29) is 29.9 Å². The molecule has 2 amide bonds. The summed E-state index contributed by atoms with van der Waals surface area (Å²) in [6.07, 6.45) is 7.56. The van der Waals surface area contributed by atoms with Crippen molar-refractivity contribution in [3.8, 4) is 0 Å². The van der Waals surface area contributed by atoms with E-state index in [1.165, 1.54) is 5.56 Å². The van der Waals surface area contributed by atoms with Crippen LogP contribution in [0.3, 0.4) is 0 Å². The van der Waals surface area contributed by atoms with Crippen molar-refractivity contribution in [1.82, 2.24) is 19.7 Å². The minimum absolute atomic E-state index is 0.0761. The Labute approximate surface area is 173 Å². The number of carbonyl (C=O) groups excluding carboxylic acids is 2. The zero-order chi connectivity index (χ0) is 20.4. The highest BCUT2D eigenvalue weighted by molar-refractivity contribution is 5.79. The molecule has 7 heteroatoms. The number of methoxy groups -OCH3 is 1. The van der Waals surface area contributed by atoms with Crippen molar-refractivity contribution in [2.75, 3.05) is 39.8 Å². The zero-order valence-corrected chi connectivity index (χ0v) is 17.5. The van der Waals surface area contributed by atoms with E-state index in [0.29, 0.717) is 19.1 Å². The van der Waals surface area contributed by atoms with Crippen LogP contribution in [0.5, 0.6) is 0 Å². The standard InChI is InChI=1S/C22H32N4O3/c1-16(27)24-10-5-17(6-11-24)22(28)25-12-7-19(8-13-25)26-15-20(29-2)21(26)18-4-3-9-23-14-18/h3-4,9,14,17,19-21H,5-8,10-13,15H2,1-2H3/t20-,21-/m0/s1. The first-order valence-electron chi connectivity index (χ1n) is 10.8. The Morgan fingerprint density at radius 2 is 1.76 bits per heavy atom. The second-order valence-corrected chi connectivity index (χ2v) is 8.54. The van der Waals surface area contributed by atoms with Crippen molar-refractivity contribution in [2.24, 2.45) is 5.92 Å². The van der Waals surface area contributed by atoms with E-state index in [1.54, 1.807) is 20.2 Å². The first kappa shape index (κ1) is 20.3. The third kappa shape index (κ3) is 4.16. The molecule has 1 aromatic heterocycles. The van der Waals surface area contributed by atoms with Gasteiger partial charge in [-0.15, -0.1) is 0 Å². The van der Waals surface area contributed by atoms with Gasteiger partial charge in [0.05, 0.1) is 12.1 Å². The molecule has 0 N–H and O–H groups in total. The maximum Gasteiger partial charge on any atom is 0.225 e. The van der Waals surface area contributed by atoms with E-state index in [4.69, 9.17) is 4.74 Å². The van der Waals surface area contributed by atoms with Crippen LogP contribution in [0, 0.1) is 5.92 Å². The quantitative estimate of drug-likeness (QED) is 0.770. The zero-order valence-electron chi connectivity index (χ0n) is 17.5. The average molecular weight is 401 g/mol. The molecule has 3 fully saturated rings. The summed E-state index contributed by atoms with van der Waals surface area (Å²) in [6.45, 7) is 5.62. The fraction of sp³-hybridized carbons (Fsp3) is 0.682. The number of likely N-dealkylation sites (tertiary alicyclic amines) is 3. The highest BCUT2D eigenvalue weighted by atomic mass is 16.5. The highest BCUT2D eigenvalue weighted by Gasteiger charge is 2.45. The predicted molar refractivity (Wildman–Crippen MR) is 109 cm³/mol. The van der Waals surface area contributed by atoms with Gasteiger partial charge in [0.1, 0.15) is 0 Å². The van der Waals surface area contributed by atoms with Crippen molar-refractivity contribution in [2.45, 2.75) is 50.8 Å². The van der Waals surface area contributed by atoms with Crippen LogP contribution in [-0.4, -0.2) is 83.5 Å². The van der Waals surface area contributed by atoms with Gasteiger partial charge in [0.15, 0.2) is 0 Å². The van der Waals surface area contributed by atoms with E-state index in [9.17, 15) is 9.59 Å². The number of aromatic nitrogens is 1. The third-order valence-corrected chi connectivity index (χ3v) is 6.96. The van der Waals surface area contributed by atoms with Crippen molar-refractivity contribution in [3.63, 3.8) is 0 Å². The lowest BCUT2D eigenvalue weighted by atomic mass is 9.87. The second-order valence-electron chi connectivity index (χ2n) is 8.54. The van der Waals surface area contributed by atoms with Crippen LogP contribution in [0.1, 0.15) is 44.2 Å². The van der Waals surface area contributed by atoms with Gasteiger partial charge in [-0.05, 0) is 37.3 Å². The number of amides is 2. The minimum atomic E-state index is 0.0761. The molecule has 4 heterocycles. The number of hydrogen-bond acceptors (Lipinski definition) is 5. The van der Waals surface area contributed by atoms with Gasteiger partial charge in [0.25, 0.3) is 0 Å². The summed E-state index contributed by atoms with van der Waals surface area (Å²) in [5.41, 5.74) is 1.21. The summed E-state index contributed by atoms with van der Waals surface area (Å²) in [5.74, 6) is 0.477. The number of carbonyl (C=O) groups is 2. The lowest BCUT2D eigenvalue weighted by molar-refractivity contribution is -0.144. The van der Waals surface area contributed by atoms with Crippen LogP contribution < -0.4 is 0 Å². The maximum absolute atomic E-state index is 13.0. The van der Waals surface area contributed by atoms with Crippen LogP contribution >= 0.6 is 0 Å². The van der Waals surface area contributed by atoms with Gasteiger partial charge in [0, 0.05) is 71.1 Å². The number of ether oxygens (including phenoxy) is 1. The van der Waals surface area contributed by atoms with Crippen LogP contribution in [-0.2, 0) is 14.3 Å². The average Bonchev–Trinajstić information content (AvgIpc) is 2.74. The highest BCUT2D eigenvalue weighted by Crippen LogP contribution is 2.39. The van der Waals surface area contributed by atoms with Gasteiger partial charge < -0.3 is 14.5 Å². The Balaban J connectivity index is 1.30. The molecule has 4 rings (SSSR count). The molecule has 29 heavy (non-hydrogen) atoms. The van der Waals surface area contributed by atoms with E-state index in [2.05, 4.69) is 20.9 Å². The van der Waals surface area contributed by atoms with E-state index in [0.717, 1.165) is 45.3 Å². The number of rotatable bonds is 4. The topological polar surface area (TPSA) is 66.0 Å². The van der Waals surface area contributed by atoms with Crippen LogP contribution in [0.2, 0.25) is 0 Å². The molecule has 0 saturated carbocycles. The summed E-state index contributed by atoms with van der Waals surface area (Å²) in [6, 6.07) is 4.85. The molecule has 0 bridgehead atoms. The summed E-state index contributed by atoms with van der Waals surface area (Å²) in [4.78, 5) is 35.2. The van der Waals surface area contributed by atoms with Gasteiger partial charge in [-0.25, -0.2) is 0 Å². The molecule has 3 aliphatic heterocycles. The Kier molecular flexibility index (Phi) is 6.15. The summed E-state index contributed by atoms with van der Waals surface area (Å²) < 4.78 is 5.68. The lowest BCUT2D eigenvalue weighted by Crippen LogP contribution is -2.60. The Bertz CT molecular complexity index is 712. The van der Waals surface area contributed by atoms with Gasteiger partial charge >= 0.3 is 0 Å². The number of nitrogens with zero attached hydrogens (tertiary/aromatic N) is 4. The molecule has 0 unspecified atom stereocenters. The summed E-state index contributed by atoms with van der Waals surface area (Å²) >= 11 is 0. The fourth-order valence-electron chi connectivity index (χ4n) is 5.15. The molecule has 158 valence electrons. The predicted octanol–water partition coefficient (Wildman–Crippen LogP) is 1.70. The fourth-order valence-corrected chi connectivity index (χ4v) is 5.15. The van der Waals surface area contributed by atoms with Crippen molar-refractivity contribution in [3.05, 3.63) is 30.1 Å². The number of piperidine rings is 2. The van der Waals surface area contributed by atoms with Crippen molar-refractivity contribution < 1.29 is 14.3 Å². The Morgan fingerprint density at radius 3 is 2.34 bits per heavy atom. The molecule has 0 spiro atoms. The third-order valence-electron chi connectivity index (χ3n) is 6.96. The molecule has 1 aromatic rings. The van der Waals surface area contributed by atoms with Gasteiger partial charge in [-0.3, -0.25) is 19.5 Å². The Hall–Kier alpha value is -1.99. The summed E-state index contributed by atoms with van der Waals surface area (Å²) in [7, 11) is 1.78. The summed E-state index contributed by atoms with van der Waals surface area (Å²) in [5, 5.41) is 0. The first-order valence-corrected chi connectivity index (χ1v) is 10.8. The maximum atomic E-state index is 13.0. The van der Waals surface area contributed by atoms with Crippen molar-refractivity contribution >= 4 is 11.8 Å². The second kappa shape index (κ2) is 8.79.